The van der Waals surface area contributed by atoms with Crippen LogP contribution >= 0.6 is 0 Å². The van der Waals surface area contributed by atoms with Gasteiger partial charge in [0.2, 0.25) is 0 Å². The molecule has 0 saturated heterocycles. The topological polar surface area (TPSA) is 89.4 Å². The zero-order valence-corrected chi connectivity index (χ0v) is 11.0. The average Bonchev–Trinajstić information content (AvgIpc) is 2.25. The highest BCUT2D eigenvalue weighted by Gasteiger charge is 2.11. The van der Waals surface area contributed by atoms with Crippen molar-refractivity contribution in [3.63, 3.8) is 0 Å². The third-order valence-electron chi connectivity index (χ3n) is 2.74. The van der Waals surface area contributed by atoms with E-state index in [-0.39, 0.29) is 0 Å². The van der Waals surface area contributed by atoms with E-state index < -0.39 is 10.2 Å². The molecule has 0 amide bonds. The molecule has 0 aromatic heterocycles. The Bertz CT molecular complexity index is 485. The fraction of sp³-hybridized carbons (Fsp3) is 0.455. The zero-order valence-electron chi connectivity index (χ0n) is 10.2. The minimum Gasteiger partial charge on any atom is -0.399 e. The van der Waals surface area contributed by atoms with Crippen LogP contribution in [0.1, 0.15) is 18.1 Å². The van der Waals surface area contributed by atoms with Crippen LogP contribution in [0.2, 0.25) is 0 Å². The first kappa shape index (κ1) is 14.0. The third kappa shape index (κ3) is 3.99. The molecule has 0 radical (unpaired) electrons. The molecule has 17 heavy (non-hydrogen) atoms. The molecule has 0 aliphatic carbocycles. The number of nitrogens with two attached hydrogens (primary N) is 2. The number of benzene rings is 1. The zero-order chi connectivity index (χ0) is 13.1. The summed E-state index contributed by atoms with van der Waals surface area (Å²) in [5.41, 5.74) is 8.68. The van der Waals surface area contributed by atoms with Crippen molar-refractivity contribution < 1.29 is 8.42 Å². The van der Waals surface area contributed by atoms with Gasteiger partial charge in [0.25, 0.3) is 10.2 Å². The molecule has 0 aliphatic rings. The molecule has 96 valence electrons. The number of aryl methyl sites for hydroxylation is 1. The summed E-state index contributed by atoms with van der Waals surface area (Å²) in [6.07, 6.45) is 1.51. The Hall–Kier alpha value is -1.11. The first-order chi connectivity index (χ1) is 7.84. The van der Waals surface area contributed by atoms with Crippen LogP contribution in [0.5, 0.6) is 0 Å². The van der Waals surface area contributed by atoms with Gasteiger partial charge in [0, 0.05) is 19.3 Å². The van der Waals surface area contributed by atoms with Crippen molar-refractivity contribution >= 4 is 15.9 Å². The smallest absolute Gasteiger partial charge is 0.276 e. The van der Waals surface area contributed by atoms with Gasteiger partial charge in [0.1, 0.15) is 0 Å². The highest BCUT2D eigenvalue weighted by atomic mass is 32.2. The van der Waals surface area contributed by atoms with E-state index in [0.717, 1.165) is 27.5 Å². The summed E-state index contributed by atoms with van der Waals surface area (Å²) in [6, 6.07) is 5.68. The molecule has 4 N–H and O–H groups in total. The van der Waals surface area contributed by atoms with E-state index in [0.29, 0.717) is 13.0 Å². The highest BCUT2D eigenvalue weighted by molar-refractivity contribution is 7.86. The van der Waals surface area contributed by atoms with Crippen LogP contribution in [-0.2, 0) is 23.1 Å². The van der Waals surface area contributed by atoms with E-state index >= 15 is 0 Å². The summed E-state index contributed by atoms with van der Waals surface area (Å²) >= 11 is 0. The SMILES string of the molecule is CCc1cc(N)ccc1CCN(C)S(N)(=O)=O. The van der Waals surface area contributed by atoms with Crippen LogP contribution in [0.25, 0.3) is 0 Å². The molecule has 0 bridgehead atoms. The summed E-state index contributed by atoms with van der Waals surface area (Å²) in [5, 5.41) is 5.02. The Balaban J connectivity index is 2.76. The van der Waals surface area contributed by atoms with E-state index in [1.165, 1.54) is 7.05 Å². The van der Waals surface area contributed by atoms with E-state index in [1.54, 1.807) is 0 Å². The summed E-state index contributed by atoms with van der Waals surface area (Å²) in [5.74, 6) is 0. The number of nitrogens with zero attached hydrogens (tertiary/aromatic N) is 1. The minimum absolute atomic E-state index is 0.371. The maximum atomic E-state index is 11.0. The van der Waals surface area contributed by atoms with Gasteiger partial charge in [-0.3, -0.25) is 0 Å². The van der Waals surface area contributed by atoms with Gasteiger partial charge in [-0.1, -0.05) is 13.0 Å². The molecule has 1 aromatic carbocycles. The number of hydrogen-bond acceptors (Lipinski definition) is 3. The van der Waals surface area contributed by atoms with Crippen LogP contribution in [0, 0.1) is 0 Å². The number of hydrogen-bond donors (Lipinski definition) is 2. The molecular weight excluding hydrogens is 238 g/mol. The normalized spacial score (nSPS) is 12.0. The van der Waals surface area contributed by atoms with Gasteiger partial charge in [0.05, 0.1) is 0 Å². The second-order valence-corrected chi connectivity index (χ2v) is 5.65. The number of nitrogen functional groups attached to an aromatic ring is 1. The molecule has 0 heterocycles. The predicted molar refractivity (Wildman–Crippen MR) is 69.7 cm³/mol. The van der Waals surface area contributed by atoms with Gasteiger partial charge in [0.15, 0.2) is 0 Å². The first-order valence-electron chi connectivity index (χ1n) is 5.46. The molecule has 5 nitrogen and oxygen atoms in total. The Morgan fingerprint density at radius 1 is 1.29 bits per heavy atom. The Labute approximate surface area is 103 Å². The van der Waals surface area contributed by atoms with Gasteiger partial charge in [-0.2, -0.15) is 12.7 Å². The molecule has 1 rings (SSSR count). The molecule has 0 fully saturated rings. The van der Waals surface area contributed by atoms with Gasteiger partial charge in [-0.25, -0.2) is 5.14 Å². The van der Waals surface area contributed by atoms with Crippen molar-refractivity contribution in [2.24, 2.45) is 5.14 Å². The van der Waals surface area contributed by atoms with Gasteiger partial charge in [-0.05, 0) is 36.1 Å². The molecule has 0 atom stereocenters. The van der Waals surface area contributed by atoms with Crippen molar-refractivity contribution in [3.8, 4) is 0 Å². The Morgan fingerprint density at radius 3 is 2.47 bits per heavy atom. The monoisotopic (exact) mass is 257 g/mol. The second-order valence-electron chi connectivity index (χ2n) is 4.00. The summed E-state index contributed by atoms with van der Waals surface area (Å²) < 4.78 is 23.2. The van der Waals surface area contributed by atoms with Crippen molar-refractivity contribution in [3.05, 3.63) is 29.3 Å². The molecular formula is C11H19N3O2S. The van der Waals surface area contributed by atoms with E-state index in [1.807, 2.05) is 25.1 Å². The van der Waals surface area contributed by atoms with Gasteiger partial charge >= 0.3 is 0 Å². The number of anilines is 1. The summed E-state index contributed by atoms with van der Waals surface area (Å²) in [7, 11) is -2.12. The third-order valence-corrected chi connectivity index (χ3v) is 3.79. The molecule has 6 heteroatoms. The van der Waals surface area contributed by atoms with Crippen LogP contribution < -0.4 is 10.9 Å². The quantitative estimate of drug-likeness (QED) is 0.753. The predicted octanol–water partition coefficient (Wildman–Crippen LogP) is 0.509. The van der Waals surface area contributed by atoms with Gasteiger partial charge in [-0.15, -0.1) is 0 Å². The van der Waals surface area contributed by atoms with E-state index in [4.69, 9.17) is 10.9 Å². The van der Waals surface area contributed by atoms with Gasteiger partial charge < -0.3 is 5.73 Å². The lowest BCUT2D eigenvalue weighted by molar-refractivity contribution is 0.473. The van der Waals surface area contributed by atoms with Crippen LogP contribution in [0.15, 0.2) is 18.2 Å². The van der Waals surface area contributed by atoms with E-state index in [9.17, 15) is 8.42 Å². The number of rotatable bonds is 5. The second kappa shape index (κ2) is 5.48. The summed E-state index contributed by atoms with van der Waals surface area (Å²) in [4.78, 5) is 0. The van der Waals surface area contributed by atoms with Crippen LogP contribution in [0.4, 0.5) is 5.69 Å². The largest absolute Gasteiger partial charge is 0.399 e. The maximum Gasteiger partial charge on any atom is 0.276 e. The maximum absolute atomic E-state index is 11.0. The van der Waals surface area contributed by atoms with Crippen molar-refractivity contribution in [2.45, 2.75) is 19.8 Å². The molecule has 0 saturated carbocycles. The fourth-order valence-corrected chi connectivity index (χ4v) is 1.97. The molecule has 0 aliphatic heterocycles. The van der Waals surface area contributed by atoms with Crippen LogP contribution in [0.3, 0.4) is 0 Å². The fourth-order valence-electron chi connectivity index (χ4n) is 1.62. The number of likely N-dealkylation sites (N-methyl/N-ethyl adjacent to an activating group) is 1. The minimum atomic E-state index is -3.59. The Morgan fingerprint density at radius 2 is 1.94 bits per heavy atom. The lowest BCUT2D eigenvalue weighted by Crippen LogP contribution is -2.34. The Kier molecular flexibility index (Phi) is 4.50. The van der Waals surface area contributed by atoms with Crippen molar-refractivity contribution in [1.82, 2.24) is 4.31 Å². The molecule has 0 spiro atoms. The van der Waals surface area contributed by atoms with Crippen molar-refractivity contribution in [2.75, 3.05) is 19.3 Å². The molecule has 0 unspecified atom stereocenters. The summed E-state index contributed by atoms with van der Waals surface area (Å²) in [6.45, 7) is 2.41. The standard InChI is InChI=1S/C11H19N3O2S/c1-3-9-8-11(12)5-4-10(9)6-7-14(2)17(13,15)16/h4-5,8H,3,6-7,12H2,1-2H3,(H2,13,15,16). The van der Waals surface area contributed by atoms with Crippen molar-refractivity contribution in [1.29, 1.82) is 0 Å². The van der Waals surface area contributed by atoms with Crippen LogP contribution in [-0.4, -0.2) is 26.3 Å². The first-order valence-corrected chi connectivity index (χ1v) is 6.96. The lowest BCUT2D eigenvalue weighted by Gasteiger charge is -2.15. The lowest BCUT2D eigenvalue weighted by atomic mass is 10.0. The highest BCUT2D eigenvalue weighted by Crippen LogP contribution is 2.15. The molecule has 1 aromatic rings. The van der Waals surface area contributed by atoms with E-state index in [2.05, 4.69) is 0 Å². The average molecular weight is 257 g/mol.